The first-order valence-electron chi connectivity index (χ1n) is 12.0. The average molecular weight is 483 g/mol. The minimum atomic E-state index is -0.809. The van der Waals surface area contributed by atoms with E-state index in [2.05, 4.69) is 63.6 Å². The number of rotatable bonds is 9. The van der Waals surface area contributed by atoms with Gasteiger partial charge in [0.2, 0.25) is 0 Å². The van der Waals surface area contributed by atoms with Crippen LogP contribution in [0.1, 0.15) is 19.4 Å². The summed E-state index contributed by atoms with van der Waals surface area (Å²) in [5, 5.41) is 12.3. The number of aliphatic carboxylic acids is 1. The van der Waals surface area contributed by atoms with Crippen molar-refractivity contribution in [2.75, 3.05) is 52.5 Å². The van der Waals surface area contributed by atoms with Crippen molar-refractivity contribution in [2.45, 2.75) is 29.7 Å². The highest BCUT2D eigenvalue weighted by Crippen LogP contribution is 2.40. The molecule has 7 nitrogen and oxygen atoms in total. The first kappa shape index (κ1) is 24.7. The molecule has 0 amide bonds. The SMILES string of the molecule is CC(C)[C@H](NCCOCCN1CCN(C2=Nc3ccccc3Sc3ccccc32)CC1)C(=O)O. The molecule has 0 radical (unpaired) electrons. The highest BCUT2D eigenvalue weighted by Gasteiger charge is 2.25. The van der Waals surface area contributed by atoms with Gasteiger partial charge >= 0.3 is 5.97 Å². The van der Waals surface area contributed by atoms with Crippen LogP contribution in [-0.2, 0) is 9.53 Å². The van der Waals surface area contributed by atoms with Gasteiger partial charge in [0.1, 0.15) is 11.9 Å². The first-order valence-corrected chi connectivity index (χ1v) is 12.8. The Hall–Kier alpha value is -2.39. The molecule has 1 saturated heterocycles. The fourth-order valence-electron chi connectivity index (χ4n) is 4.28. The number of piperazine rings is 1. The van der Waals surface area contributed by atoms with Gasteiger partial charge in [0.15, 0.2) is 0 Å². The number of nitrogens with zero attached hydrogens (tertiary/aromatic N) is 3. The second-order valence-electron chi connectivity index (χ2n) is 8.96. The van der Waals surface area contributed by atoms with Crippen LogP contribution in [0.5, 0.6) is 0 Å². The molecule has 2 aliphatic rings. The molecule has 0 aliphatic carbocycles. The van der Waals surface area contributed by atoms with Crippen molar-refractivity contribution in [1.82, 2.24) is 15.1 Å². The van der Waals surface area contributed by atoms with Crippen LogP contribution >= 0.6 is 11.8 Å². The predicted octanol–water partition coefficient (Wildman–Crippen LogP) is 3.56. The number of amidine groups is 1. The number of fused-ring (bicyclic) bond motifs is 2. The summed E-state index contributed by atoms with van der Waals surface area (Å²) in [6.45, 7) is 10.2. The second-order valence-corrected chi connectivity index (χ2v) is 10.0. The lowest BCUT2D eigenvalue weighted by Crippen LogP contribution is -2.49. The third-order valence-corrected chi connectivity index (χ3v) is 7.35. The first-order chi connectivity index (χ1) is 16.5. The molecule has 1 fully saturated rings. The molecule has 34 heavy (non-hydrogen) atoms. The standard InChI is InChI=1S/C26H34N4O3S/c1-19(2)24(26(31)32)27-11-17-33-18-16-29-12-14-30(15-13-29)25-20-7-3-5-9-22(20)34-23-10-6-4-8-21(23)28-25/h3-10,19,24,27H,11-18H2,1-2H3,(H,31,32)/t24-/m0/s1. The van der Waals surface area contributed by atoms with Crippen LogP contribution in [0.25, 0.3) is 0 Å². The maximum Gasteiger partial charge on any atom is 0.320 e. The van der Waals surface area contributed by atoms with Gasteiger partial charge in [0.25, 0.3) is 0 Å². The number of nitrogens with one attached hydrogen (secondary N) is 1. The third kappa shape index (κ3) is 6.18. The van der Waals surface area contributed by atoms with Crippen LogP contribution in [0, 0.1) is 5.92 Å². The molecule has 2 aliphatic heterocycles. The van der Waals surface area contributed by atoms with Crippen molar-refractivity contribution in [2.24, 2.45) is 10.9 Å². The van der Waals surface area contributed by atoms with Crippen molar-refractivity contribution in [3.8, 4) is 0 Å². The molecular formula is C26H34N4O3S. The number of benzene rings is 2. The molecule has 0 unspecified atom stereocenters. The summed E-state index contributed by atoms with van der Waals surface area (Å²) in [5.41, 5.74) is 2.24. The Bertz CT molecular complexity index is 1010. The summed E-state index contributed by atoms with van der Waals surface area (Å²) >= 11 is 1.79. The number of carboxylic acid groups (broad SMARTS) is 1. The summed E-state index contributed by atoms with van der Waals surface area (Å²) in [4.78, 5) is 23.6. The van der Waals surface area contributed by atoms with E-state index in [1.165, 1.54) is 15.4 Å². The molecule has 8 heteroatoms. The lowest BCUT2D eigenvalue weighted by Gasteiger charge is -2.36. The van der Waals surface area contributed by atoms with E-state index >= 15 is 0 Å². The molecule has 4 rings (SSSR count). The van der Waals surface area contributed by atoms with Crippen LogP contribution in [-0.4, -0.2) is 85.2 Å². The van der Waals surface area contributed by atoms with Gasteiger partial charge in [0.05, 0.1) is 18.9 Å². The van der Waals surface area contributed by atoms with E-state index in [4.69, 9.17) is 9.73 Å². The van der Waals surface area contributed by atoms with Crippen molar-refractivity contribution in [3.63, 3.8) is 0 Å². The van der Waals surface area contributed by atoms with Gasteiger partial charge in [0, 0.05) is 54.6 Å². The zero-order valence-corrected chi connectivity index (χ0v) is 20.8. The maximum absolute atomic E-state index is 11.2. The summed E-state index contributed by atoms with van der Waals surface area (Å²) in [6.07, 6.45) is 0. The molecular weight excluding hydrogens is 448 g/mol. The molecule has 0 aromatic heterocycles. The number of hydrogen-bond donors (Lipinski definition) is 2. The quantitative estimate of drug-likeness (QED) is 0.529. The number of ether oxygens (including phenoxy) is 1. The van der Waals surface area contributed by atoms with E-state index in [9.17, 15) is 9.90 Å². The number of carbonyl (C=O) groups is 1. The van der Waals surface area contributed by atoms with Crippen molar-refractivity contribution >= 4 is 29.3 Å². The monoisotopic (exact) mass is 482 g/mol. The summed E-state index contributed by atoms with van der Waals surface area (Å²) < 4.78 is 5.75. The molecule has 2 heterocycles. The molecule has 2 N–H and O–H groups in total. The molecule has 182 valence electrons. The van der Waals surface area contributed by atoms with E-state index in [1.54, 1.807) is 11.8 Å². The highest BCUT2D eigenvalue weighted by atomic mass is 32.2. The van der Waals surface area contributed by atoms with E-state index in [1.807, 2.05) is 13.8 Å². The van der Waals surface area contributed by atoms with E-state index in [-0.39, 0.29) is 5.92 Å². The Morgan fingerprint density at radius 3 is 2.50 bits per heavy atom. The van der Waals surface area contributed by atoms with Crippen molar-refractivity contribution < 1.29 is 14.6 Å². The zero-order valence-electron chi connectivity index (χ0n) is 19.9. The highest BCUT2D eigenvalue weighted by molar-refractivity contribution is 7.99. The number of carboxylic acids is 1. The Balaban J connectivity index is 1.26. The van der Waals surface area contributed by atoms with Crippen LogP contribution in [0.2, 0.25) is 0 Å². The Labute approximate surface area is 206 Å². The maximum atomic E-state index is 11.2. The molecule has 1 atom stereocenters. The fourth-order valence-corrected chi connectivity index (χ4v) is 5.30. The van der Waals surface area contributed by atoms with Gasteiger partial charge in [-0.2, -0.15) is 0 Å². The number of aliphatic imine (C=N–C) groups is 1. The van der Waals surface area contributed by atoms with Gasteiger partial charge < -0.3 is 20.1 Å². The van der Waals surface area contributed by atoms with Gasteiger partial charge in [-0.3, -0.25) is 9.69 Å². The van der Waals surface area contributed by atoms with Crippen molar-refractivity contribution in [3.05, 3.63) is 54.1 Å². The fraction of sp³-hybridized carbons (Fsp3) is 0.462. The minimum Gasteiger partial charge on any atom is -0.480 e. The van der Waals surface area contributed by atoms with Crippen molar-refractivity contribution in [1.29, 1.82) is 0 Å². The molecule has 2 aromatic carbocycles. The van der Waals surface area contributed by atoms with Crippen LogP contribution in [0.15, 0.2) is 63.3 Å². The largest absolute Gasteiger partial charge is 0.480 e. The summed E-state index contributed by atoms with van der Waals surface area (Å²) in [5.74, 6) is 0.301. The van der Waals surface area contributed by atoms with E-state index in [0.717, 1.165) is 44.2 Å². The summed E-state index contributed by atoms with van der Waals surface area (Å²) in [7, 11) is 0. The second kappa shape index (κ2) is 11.8. The Kier molecular flexibility index (Phi) is 8.61. The minimum absolute atomic E-state index is 0.0471. The third-order valence-electron chi connectivity index (χ3n) is 6.21. The predicted molar refractivity (Wildman–Crippen MR) is 136 cm³/mol. The molecule has 2 aromatic rings. The van der Waals surface area contributed by atoms with E-state index < -0.39 is 12.0 Å². The smallest absolute Gasteiger partial charge is 0.320 e. The van der Waals surface area contributed by atoms with Gasteiger partial charge in [-0.05, 0) is 24.1 Å². The number of para-hydroxylation sites is 1. The number of hydrogen-bond acceptors (Lipinski definition) is 7. The van der Waals surface area contributed by atoms with E-state index in [0.29, 0.717) is 19.8 Å². The zero-order chi connectivity index (χ0) is 23.9. The van der Waals surface area contributed by atoms with Gasteiger partial charge in [-0.25, -0.2) is 4.99 Å². The van der Waals surface area contributed by atoms with Crippen LogP contribution < -0.4 is 5.32 Å². The van der Waals surface area contributed by atoms with Crippen LogP contribution in [0.3, 0.4) is 0 Å². The average Bonchev–Trinajstić information content (AvgIpc) is 3.00. The molecule has 0 spiro atoms. The Morgan fingerprint density at radius 2 is 1.76 bits per heavy atom. The lowest BCUT2D eigenvalue weighted by molar-refractivity contribution is -0.140. The molecule has 0 bridgehead atoms. The van der Waals surface area contributed by atoms with Gasteiger partial charge in [-0.1, -0.05) is 55.9 Å². The summed E-state index contributed by atoms with van der Waals surface area (Å²) in [6, 6.07) is 16.4. The lowest BCUT2D eigenvalue weighted by atomic mass is 10.1. The molecule has 0 saturated carbocycles. The van der Waals surface area contributed by atoms with Gasteiger partial charge in [-0.15, -0.1) is 0 Å². The van der Waals surface area contributed by atoms with Crippen LogP contribution in [0.4, 0.5) is 5.69 Å². The topological polar surface area (TPSA) is 77.4 Å². The Morgan fingerprint density at radius 1 is 1.06 bits per heavy atom. The normalized spacial score (nSPS) is 17.0.